The lowest BCUT2D eigenvalue weighted by Gasteiger charge is -2.39. The van der Waals surface area contributed by atoms with E-state index in [4.69, 9.17) is 4.74 Å². The first-order valence-electron chi connectivity index (χ1n) is 4.46. The second kappa shape index (κ2) is 2.22. The number of hydrogen-bond acceptors (Lipinski definition) is 3. The Bertz CT molecular complexity index is 219. The van der Waals surface area contributed by atoms with Gasteiger partial charge in [0, 0.05) is 12.0 Å². The number of carbonyl (C=O) groups excluding carboxylic acids is 1. The highest BCUT2D eigenvalue weighted by molar-refractivity contribution is 5.79. The molecule has 2 aliphatic rings. The van der Waals surface area contributed by atoms with Gasteiger partial charge >= 0.3 is 5.97 Å². The zero-order valence-electron chi connectivity index (χ0n) is 7.83. The number of cyclic esters (lactones) is 1. The maximum absolute atomic E-state index is 11.2. The summed E-state index contributed by atoms with van der Waals surface area (Å²) in [5.74, 6) is -0.0267. The van der Waals surface area contributed by atoms with Gasteiger partial charge < -0.3 is 4.74 Å². The van der Waals surface area contributed by atoms with Crippen LogP contribution in [0.3, 0.4) is 0 Å². The zero-order chi connectivity index (χ0) is 8.93. The van der Waals surface area contributed by atoms with Crippen LogP contribution in [0.5, 0.6) is 0 Å². The summed E-state index contributed by atoms with van der Waals surface area (Å²) in [6, 6.07) is 0.0780. The lowest BCUT2D eigenvalue weighted by atomic mass is 9.91. The number of carbonyl (C=O) groups is 1. The minimum Gasteiger partial charge on any atom is -0.445 e. The monoisotopic (exact) mass is 169 g/mol. The molecule has 0 N–H and O–H groups in total. The van der Waals surface area contributed by atoms with Gasteiger partial charge in [0.25, 0.3) is 0 Å². The first-order chi connectivity index (χ1) is 5.50. The summed E-state index contributed by atoms with van der Waals surface area (Å²) < 4.78 is 5.30. The Morgan fingerprint density at radius 2 is 2.17 bits per heavy atom. The van der Waals surface area contributed by atoms with Crippen molar-refractivity contribution >= 4 is 5.97 Å². The first kappa shape index (κ1) is 8.05. The Morgan fingerprint density at radius 1 is 1.50 bits per heavy atom. The summed E-state index contributed by atoms with van der Waals surface area (Å²) in [4.78, 5) is 13.4. The highest BCUT2D eigenvalue weighted by atomic mass is 16.6. The maximum Gasteiger partial charge on any atom is 0.325 e. The van der Waals surface area contributed by atoms with Crippen molar-refractivity contribution < 1.29 is 9.53 Å². The molecule has 0 aromatic rings. The molecule has 2 saturated heterocycles. The predicted molar refractivity (Wildman–Crippen MR) is 44.4 cm³/mol. The van der Waals surface area contributed by atoms with E-state index in [1.807, 2.05) is 0 Å². The van der Waals surface area contributed by atoms with E-state index in [0.717, 1.165) is 13.0 Å². The van der Waals surface area contributed by atoms with Crippen LogP contribution in [-0.4, -0.2) is 29.7 Å². The molecule has 3 nitrogen and oxygen atoms in total. The Labute approximate surface area is 72.7 Å². The quantitative estimate of drug-likeness (QED) is 0.506. The van der Waals surface area contributed by atoms with Crippen LogP contribution < -0.4 is 0 Å². The fourth-order valence-electron chi connectivity index (χ4n) is 1.87. The molecule has 3 heteroatoms. The van der Waals surface area contributed by atoms with Crippen molar-refractivity contribution in [1.29, 1.82) is 0 Å². The number of hydrogen-bond donors (Lipinski definition) is 0. The van der Waals surface area contributed by atoms with E-state index in [2.05, 4.69) is 25.7 Å². The van der Waals surface area contributed by atoms with Gasteiger partial charge in [-0.15, -0.1) is 0 Å². The third-order valence-electron chi connectivity index (χ3n) is 2.60. The van der Waals surface area contributed by atoms with Crippen molar-refractivity contribution in [3.8, 4) is 0 Å². The summed E-state index contributed by atoms with van der Waals surface area (Å²) in [5, 5.41) is 0. The predicted octanol–water partition coefficient (Wildman–Crippen LogP) is 0.990. The van der Waals surface area contributed by atoms with Crippen LogP contribution in [0.1, 0.15) is 27.2 Å². The van der Waals surface area contributed by atoms with Crippen molar-refractivity contribution in [1.82, 2.24) is 4.90 Å². The number of fused-ring (bicyclic) bond motifs is 1. The molecule has 2 rings (SSSR count). The van der Waals surface area contributed by atoms with Gasteiger partial charge in [-0.25, -0.2) is 0 Å². The van der Waals surface area contributed by atoms with Gasteiger partial charge in [-0.05, 0) is 6.42 Å². The molecule has 12 heavy (non-hydrogen) atoms. The van der Waals surface area contributed by atoms with Gasteiger partial charge in [0.05, 0.1) is 0 Å². The fourth-order valence-corrected chi connectivity index (χ4v) is 1.87. The van der Waals surface area contributed by atoms with Crippen LogP contribution in [-0.2, 0) is 9.53 Å². The van der Waals surface area contributed by atoms with E-state index < -0.39 is 0 Å². The minimum absolute atomic E-state index is 0.00347. The van der Waals surface area contributed by atoms with Crippen molar-refractivity contribution in [3.63, 3.8) is 0 Å². The second-order valence-corrected chi connectivity index (χ2v) is 4.70. The summed E-state index contributed by atoms with van der Waals surface area (Å²) in [7, 11) is 0. The van der Waals surface area contributed by atoms with Crippen LogP contribution >= 0.6 is 0 Å². The molecule has 2 unspecified atom stereocenters. The van der Waals surface area contributed by atoms with Gasteiger partial charge in [-0.1, -0.05) is 20.8 Å². The molecule has 68 valence electrons. The molecule has 0 aromatic carbocycles. The number of nitrogens with zero attached hydrogens (tertiary/aromatic N) is 1. The largest absolute Gasteiger partial charge is 0.445 e. The summed E-state index contributed by atoms with van der Waals surface area (Å²) in [5.41, 5.74) is 0.0465. The van der Waals surface area contributed by atoms with E-state index in [9.17, 15) is 4.79 Å². The first-order valence-corrected chi connectivity index (χ1v) is 4.46. The van der Waals surface area contributed by atoms with Gasteiger partial charge in [0.2, 0.25) is 0 Å². The average Bonchev–Trinajstić information content (AvgIpc) is 2.00. The van der Waals surface area contributed by atoms with Crippen LogP contribution in [0.4, 0.5) is 0 Å². The topological polar surface area (TPSA) is 29.5 Å². The molecular formula is C9H15NO2. The molecule has 0 aliphatic carbocycles. The molecular weight excluding hydrogens is 154 g/mol. The van der Waals surface area contributed by atoms with Gasteiger partial charge in [-0.3, -0.25) is 9.69 Å². The zero-order valence-corrected chi connectivity index (χ0v) is 7.83. The van der Waals surface area contributed by atoms with Gasteiger partial charge in [0.1, 0.15) is 6.04 Å². The molecule has 0 aromatic heterocycles. The van der Waals surface area contributed by atoms with E-state index in [1.165, 1.54) is 0 Å². The smallest absolute Gasteiger partial charge is 0.325 e. The molecule has 0 radical (unpaired) electrons. The lowest BCUT2D eigenvalue weighted by molar-refractivity contribution is -0.146. The Hall–Kier alpha value is -0.570. The fraction of sp³-hybridized carbons (Fsp3) is 0.889. The van der Waals surface area contributed by atoms with Crippen molar-refractivity contribution in [2.24, 2.45) is 5.41 Å². The summed E-state index contributed by atoms with van der Waals surface area (Å²) in [6.45, 7) is 7.32. The molecule has 2 heterocycles. The number of rotatable bonds is 0. The molecule has 0 spiro atoms. The third kappa shape index (κ3) is 0.959. The Balaban J connectivity index is 2.15. The van der Waals surface area contributed by atoms with E-state index >= 15 is 0 Å². The van der Waals surface area contributed by atoms with E-state index in [0.29, 0.717) is 0 Å². The molecule has 0 saturated carbocycles. The van der Waals surface area contributed by atoms with E-state index in [1.54, 1.807) is 0 Å². The number of ether oxygens (including phenoxy) is 1. The Kier molecular flexibility index (Phi) is 1.49. The standard InChI is InChI=1S/C9H15NO2/c1-9(2,3)8-10-5-4-6(10)7(11)12-8/h6,8H,4-5H2,1-3H3. The molecule has 0 bridgehead atoms. The van der Waals surface area contributed by atoms with Crippen molar-refractivity contribution in [2.45, 2.75) is 39.5 Å². The van der Waals surface area contributed by atoms with Crippen molar-refractivity contribution in [2.75, 3.05) is 6.54 Å². The van der Waals surface area contributed by atoms with Crippen molar-refractivity contribution in [3.05, 3.63) is 0 Å². The minimum atomic E-state index is -0.0267. The lowest BCUT2D eigenvalue weighted by Crippen LogP contribution is -2.52. The van der Waals surface area contributed by atoms with E-state index in [-0.39, 0.29) is 23.7 Å². The van der Waals surface area contributed by atoms with Gasteiger partial charge in [-0.2, -0.15) is 0 Å². The molecule has 0 amide bonds. The molecule has 2 fully saturated rings. The summed E-state index contributed by atoms with van der Waals surface area (Å²) >= 11 is 0. The maximum atomic E-state index is 11.2. The highest BCUT2D eigenvalue weighted by Crippen LogP contribution is 2.37. The summed E-state index contributed by atoms with van der Waals surface area (Å²) in [6.07, 6.45) is 0.981. The van der Waals surface area contributed by atoms with Crippen LogP contribution in [0.15, 0.2) is 0 Å². The Morgan fingerprint density at radius 3 is 2.42 bits per heavy atom. The van der Waals surface area contributed by atoms with Crippen LogP contribution in [0.25, 0.3) is 0 Å². The highest BCUT2D eigenvalue weighted by Gasteiger charge is 2.51. The molecule has 2 aliphatic heterocycles. The van der Waals surface area contributed by atoms with Crippen LogP contribution in [0.2, 0.25) is 0 Å². The molecule has 2 atom stereocenters. The third-order valence-corrected chi connectivity index (χ3v) is 2.60. The normalized spacial score (nSPS) is 35.8. The second-order valence-electron chi connectivity index (χ2n) is 4.70. The van der Waals surface area contributed by atoms with Gasteiger partial charge in [0.15, 0.2) is 6.23 Å². The SMILES string of the molecule is CC(C)(C)C1OC(=O)C2CCN21. The number of esters is 1. The van der Waals surface area contributed by atoms with Crippen LogP contribution in [0, 0.1) is 5.41 Å². The average molecular weight is 169 g/mol.